The number of anilines is 2. The van der Waals surface area contributed by atoms with E-state index in [1.165, 1.54) is 12.1 Å². The Balaban J connectivity index is 2.10. The summed E-state index contributed by atoms with van der Waals surface area (Å²) < 4.78 is 26.1. The maximum absolute atomic E-state index is 13.2. The van der Waals surface area contributed by atoms with Crippen molar-refractivity contribution in [1.29, 1.82) is 0 Å². The molecule has 2 rings (SSSR count). The van der Waals surface area contributed by atoms with Crippen molar-refractivity contribution in [3.05, 3.63) is 47.3 Å². The average Bonchev–Trinajstić information content (AvgIpc) is 2.50. The summed E-state index contributed by atoms with van der Waals surface area (Å²) in [4.78, 5) is 20.6. The number of hydrogen-bond donors (Lipinski definition) is 2. The van der Waals surface area contributed by atoms with Crippen LogP contribution in [0.2, 0.25) is 0 Å². The van der Waals surface area contributed by atoms with Crippen molar-refractivity contribution in [2.45, 2.75) is 27.2 Å². The molecule has 0 atom stereocenters. The fourth-order valence-corrected chi connectivity index (χ4v) is 2.01. The zero-order chi connectivity index (χ0) is 17.7. The lowest BCUT2D eigenvalue weighted by atomic mass is 10.1. The molecule has 0 bridgehead atoms. The quantitative estimate of drug-likeness (QED) is 0.844. The van der Waals surface area contributed by atoms with Crippen LogP contribution in [-0.4, -0.2) is 22.4 Å². The Morgan fingerprint density at radius 1 is 1.17 bits per heavy atom. The molecule has 0 aliphatic carbocycles. The molecule has 2 aromatic rings. The van der Waals surface area contributed by atoms with Crippen molar-refractivity contribution in [2.24, 2.45) is 5.92 Å². The number of nitrogens with zero attached hydrogens (tertiary/aromatic N) is 2. The van der Waals surface area contributed by atoms with E-state index in [4.69, 9.17) is 0 Å². The molecule has 0 saturated heterocycles. The van der Waals surface area contributed by atoms with Gasteiger partial charge in [0.15, 0.2) is 11.6 Å². The van der Waals surface area contributed by atoms with Crippen molar-refractivity contribution >= 4 is 17.5 Å². The molecule has 0 radical (unpaired) electrons. The van der Waals surface area contributed by atoms with Crippen LogP contribution in [0.25, 0.3) is 0 Å². The number of nitrogens with one attached hydrogen (secondary N) is 2. The Kier molecular flexibility index (Phi) is 5.78. The van der Waals surface area contributed by atoms with Crippen LogP contribution in [0.15, 0.2) is 24.3 Å². The number of hydrogen-bond acceptors (Lipinski definition) is 4. The molecule has 1 aromatic heterocycles. The van der Waals surface area contributed by atoms with Crippen LogP contribution in [0.4, 0.5) is 20.4 Å². The highest BCUT2D eigenvalue weighted by Crippen LogP contribution is 2.15. The number of halogens is 2. The van der Waals surface area contributed by atoms with Gasteiger partial charge in [0, 0.05) is 24.0 Å². The number of aromatic nitrogens is 2. The van der Waals surface area contributed by atoms with E-state index in [-0.39, 0.29) is 11.4 Å². The van der Waals surface area contributed by atoms with Crippen LogP contribution in [-0.2, 0) is 0 Å². The average molecular weight is 334 g/mol. The summed E-state index contributed by atoms with van der Waals surface area (Å²) in [6, 6.07) is 4.69. The summed E-state index contributed by atoms with van der Waals surface area (Å²) in [6.45, 7) is 6.67. The molecule has 1 heterocycles. The van der Waals surface area contributed by atoms with Crippen LogP contribution in [0.5, 0.6) is 0 Å². The summed E-state index contributed by atoms with van der Waals surface area (Å²) in [5.41, 5.74) is 0.941. The highest BCUT2D eigenvalue weighted by Gasteiger charge is 2.12. The lowest BCUT2D eigenvalue weighted by Crippen LogP contribution is -2.17. The largest absolute Gasteiger partial charge is 0.354 e. The number of aryl methyl sites for hydroxylation is 1. The van der Waals surface area contributed by atoms with Crippen LogP contribution >= 0.6 is 0 Å². The molecule has 0 aliphatic heterocycles. The summed E-state index contributed by atoms with van der Waals surface area (Å²) in [5.74, 6) is -1.60. The number of amides is 1. The van der Waals surface area contributed by atoms with Gasteiger partial charge in [0.25, 0.3) is 5.91 Å². The lowest BCUT2D eigenvalue weighted by Gasteiger charge is -2.10. The molecule has 0 spiro atoms. The number of carbonyl (C=O) groups is 1. The van der Waals surface area contributed by atoms with Gasteiger partial charge in [0.05, 0.1) is 0 Å². The van der Waals surface area contributed by atoms with Crippen molar-refractivity contribution in [3.63, 3.8) is 0 Å². The van der Waals surface area contributed by atoms with Gasteiger partial charge >= 0.3 is 0 Å². The third kappa shape index (κ3) is 4.97. The second-order valence-corrected chi connectivity index (χ2v) is 5.91. The molecule has 24 heavy (non-hydrogen) atoms. The minimum Gasteiger partial charge on any atom is -0.354 e. The predicted molar refractivity (Wildman–Crippen MR) is 89.0 cm³/mol. The highest BCUT2D eigenvalue weighted by molar-refractivity contribution is 6.03. The van der Waals surface area contributed by atoms with Crippen LogP contribution < -0.4 is 10.6 Å². The number of carbonyl (C=O) groups excluding carboxylic acids is 1. The third-order valence-corrected chi connectivity index (χ3v) is 3.27. The maximum atomic E-state index is 13.2. The van der Waals surface area contributed by atoms with Gasteiger partial charge in [0.2, 0.25) is 5.95 Å². The SMILES string of the molecule is Cc1cc(C(=O)Nc2ccc(F)c(F)c2)nc(NCCC(C)C)n1. The molecule has 1 amide bonds. The van der Waals surface area contributed by atoms with E-state index in [1.54, 1.807) is 6.92 Å². The van der Waals surface area contributed by atoms with Crippen molar-refractivity contribution < 1.29 is 13.6 Å². The van der Waals surface area contributed by atoms with Gasteiger partial charge in [-0.2, -0.15) is 0 Å². The monoisotopic (exact) mass is 334 g/mol. The van der Waals surface area contributed by atoms with E-state index < -0.39 is 17.5 Å². The van der Waals surface area contributed by atoms with E-state index in [9.17, 15) is 13.6 Å². The van der Waals surface area contributed by atoms with E-state index >= 15 is 0 Å². The number of rotatable bonds is 6. The zero-order valence-electron chi connectivity index (χ0n) is 13.9. The van der Waals surface area contributed by atoms with Gasteiger partial charge in [-0.25, -0.2) is 18.7 Å². The molecular weight excluding hydrogens is 314 g/mol. The van der Waals surface area contributed by atoms with Crippen LogP contribution in [0, 0.1) is 24.5 Å². The molecular formula is C17H20F2N4O. The third-order valence-electron chi connectivity index (χ3n) is 3.27. The smallest absolute Gasteiger partial charge is 0.274 e. The summed E-state index contributed by atoms with van der Waals surface area (Å²) in [6.07, 6.45) is 0.952. The Morgan fingerprint density at radius 3 is 2.58 bits per heavy atom. The first-order valence-electron chi connectivity index (χ1n) is 7.71. The molecule has 0 unspecified atom stereocenters. The Bertz CT molecular complexity index is 735. The molecule has 5 nitrogen and oxygen atoms in total. The summed E-state index contributed by atoms with van der Waals surface area (Å²) in [5, 5.41) is 5.57. The molecule has 0 saturated carbocycles. The molecule has 0 fully saturated rings. The van der Waals surface area contributed by atoms with Crippen molar-refractivity contribution in [1.82, 2.24) is 9.97 Å². The molecule has 2 N–H and O–H groups in total. The van der Waals surface area contributed by atoms with Gasteiger partial charge in [-0.1, -0.05) is 13.8 Å². The Hall–Kier alpha value is -2.57. The Labute approximate surface area is 139 Å². The topological polar surface area (TPSA) is 66.9 Å². The summed E-state index contributed by atoms with van der Waals surface area (Å²) >= 11 is 0. The van der Waals surface area contributed by atoms with Crippen LogP contribution in [0.3, 0.4) is 0 Å². The second kappa shape index (κ2) is 7.81. The standard InChI is InChI=1S/C17H20F2N4O/c1-10(2)6-7-20-17-21-11(3)8-15(23-17)16(24)22-12-4-5-13(18)14(19)9-12/h4-5,8-10H,6-7H2,1-3H3,(H,22,24)(H,20,21,23). The van der Waals surface area contributed by atoms with Crippen LogP contribution in [0.1, 0.15) is 36.5 Å². The minimum atomic E-state index is -1.03. The first-order chi connectivity index (χ1) is 11.3. The predicted octanol–water partition coefficient (Wildman–Crippen LogP) is 3.77. The Morgan fingerprint density at radius 2 is 1.92 bits per heavy atom. The fraction of sp³-hybridized carbons (Fsp3) is 0.353. The number of benzene rings is 1. The fourth-order valence-electron chi connectivity index (χ4n) is 2.01. The lowest BCUT2D eigenvalue weighted by molar-refractivity contribution is 0.102. The highest BCUT2D eigenvalue weighted by atomic mass is 19.2. The maximum Gasteiger partial charge on any atom is 0.274 e. The van der Waals surface area contributed by atoms with Crippen molar-refractivity contribution in [2.75, 3.05) is 17.2 Å². The van der Waals surface area contributed by atoms with Gasteiger partial charge in [0.1, 0.15) is 5.69 Å². The minimum absolute atomic E-state index is 0.152. The van der Waals surface area contributed by atoms with E-state index in [2.05, 4.69) is 34.4 Å². The van der Waals surface area contributed by atoms with E-state index in [0.29, 0.717) is 24.1 Å². The second-order valence-electron chi connectivity index (χ2n) is 5.91. The van der Waals surface area contributed by atoms with Crippen molar-refractivity contribution in [3.8, 4) is 0 Å². The first kappa shape index (κ1) is 17.8. The molecule has 0 aliphatic rings. The first-order valence-corrected chi connectivity index (χ1v) is 7.71. The normalized spacial score (nSPS) is 10.8. The van der Waals surface area contributed by atoms with Gasteiger partial charge in [-0.15, -0.1) is 0 Å². The van der Waals surface area contributed by atoms with Gasteiger partial charge < -0.3 is 10.6 Å². The summed E-state index contributed by atoms with van der Waals surface area (Å²) in [7, 11) is 0. The van der Waals surface area contributed by atoms with E-state index in [1.807, 2.05) is 0 Å². The zero-order valence-corrected chi connectivity index (χ0v) is 13.9. The van der Waals surface area contributed by atoms with Gasteiger partial charge in [-0.3, -0.25) is 4.79 Å². The molecule has 7 heteroatoms. The molecule has 128 valence electrons. The van der Waals surface area contributed by atoms with E-state index in [0.717, 1.165) is 18.6 Å². The van der Waals surface area contributed by atoms with Gasteiger partial charge in [-0.05, 0) is 37.5 Å². The molecule has 1 aromatic carbocycles.